The lowest BCUT2D eigenvalue weighted by atomic mass is 10.2. The third-order valence-corrected chi connectivity index (χ3v) is 5.32. The van der Waals surface area contributed by atoms with Crippen molar-refractivity contribution in [3.05, 3.63) is 40.4 Å². The van der Waals surface area contributed by atoms with Gasteiger partial charge in [-0.05, 0) is 30.3 Å². The highest BCUT2D eigenvalue weighted by Gasteiger charge is 2.19. The third kappa shape index (κ3) is 4.23. The molecule has 26 heavy (non-hydrogen) atoms. The number of carbonyl (C=O) groups excluding carboxylic acids is 1. The van der Waals surface area contributed by atoms with E-state index in [1.807, 2.05) is 18.2 Å². The van der Waals surface area contributed by atoms with E-state index in [1.54, 1.807) is 31.6 Å². The second kappa shape index (κ2) is 8.33. The number of hydrogen-bond donors (Lipinski definition) is 1. The molecule has 2 heterocycles. The molecular formula is C19H23N3O3S. The fraction of sp³-hybridized carbons (Fsp3) is 0.368. The van der Waals surface area contributed by atoms with Crippen molar-refractivity contribution in [1.82, 2.24) is 9.88 Å². The Balaban J connectivity index is 1.64. The minimum absolute atomic E-state index is 0.196. The zero-order chi connectivity index (χ0) is 18.5. The molecular weight excluding hydrogens is 350 g/mol. The Kier molecular flexibility index (Phi) is 5.90. The van der Waals surface area contributed by atoms with Crippen molar-refractivity contribution >= 4 is 28.5 Å². The molecule has 1 N–H and O–H groups in total. The normalized spacial score (nSPS) is 14.3. The van der Waals surface area contributed by atoms with Crippen LogP contribution in [0.2, 0.25) is 0 Å². The highest BCUT2D eigenvalue weighted by atomic mass is 32.1. The van der Waals surface area contributed by atoms with E-state index in [0.717, 1.165) is 37.3 Å². The quantitative estimate of drug-likeness (QED) is 0.788. The van der Waals surface area contributed by atoms with E-state index >= 15 is 0 Å². The Bertz CT molecular complexity index is 816. The van der Waals surface area contributed by atoms with Crippen LogP contribution in [-0.2, 0) is 17.8 Å². The summed E-state index contributed by atoms with van der Waals surface area (Å²) in [4.78, 5) is 20.4. The van der Waals surface area contributed by atoms with Crippen molar-refractivity contribution < 1.29 is 14.3 Å². The van der Waals surface area contributed by atoms with Gasteiger partial charge in [0.05, 0.1) is 19.9 Å². The number of carbonyl (C=O) groups is 1. The van der Waals surface area contributed by atoms with Gasteiger partial charge in [-0.2, -0.15) is 0 Å². The number of nitrogens with one attached hydrogen (secondary N) is 1. The molecule has 2 aromatic rings. The van der Waals surface area contributed by atoms with Crippen LogP contribution >= 0.6 is 11.3 Å². The number of ether oxygens (including phenoxy) is 2. The molecule has 1 aliphatic rings. The van der Waals surface area contributed by atoms with Gasteiger partial charge in [-0.25, -0.2) is 4.98 Å². The lowest BCUT2D eigenvalue weighted by Crippen LogP contribution is -2.29. The van der Waals surface area contributed by atoms with Crippen LogP contribution in [-0.4, -0.2) is 43.1 Å². The standard InChI is InChI=1S/C19H23N3O3S/c1-4-22-10-9-14-17(12-22)26-19(20-14)21-18(23)8-6-13-5-7-15(24-2)16(11-13)25-3/h5-8,11H,4,9-10,12H2,1-3H3,(H,20,21,23)/b8-6+. The molecule has 0 saturated heterocycles. The van der Waals surface area contributed by atoms with E-state index in [4.69, 9.17) is 9.47 Å². The third-order valence-electron chi connectivity index (χ3n) is 4.32. The number of fused-ring (bicyclic) bond motifs is 1. The van der Waals surface area contributed by atoms with E-state index in [1.165, 1.54) is 11.0 Å². The molecule has 138 valence electrons. The second-order valence-electron chi connectivity index (χ2n) is 5.94. The van der Waals surface area contributed by atoms with Gasteiger partial charge in [-0.15, -0.1) is 11.3 Å². The van der Waals surface area contributed by atoms with E-state index in [2.05, 4.69) is 22.1 Å². The number of anilines is 1. The molecule has 3 rings (SSSR count). The largest absolute Gasteiger partial charge is 0.493 e. The van der Waals surface area contributed by atoms with Gasteiger partial charge < -0.3 is 9.47 Å². The maximum Gasteiger partial charge on any atom is 0.250 e. The predicted molar refractivity (Wildman–Crippen MR) is 104 cm³/mol. The van der Waals surface area contributed by atoms with Crippen LogP contribution in [0.1, 0.15) is 23.1 Å². The number of nitrogens with zero attached hydrogens (tertiary/aromatic N) is 2. The number of thiazole rings is 1. The summed E-state index contributed by atoms with van der Waals surface area (Å²) in [5, 5.41) is 3.52. The van der Waals surface area contributed by atoms with Crippen molar-refractivity contribution in [3.63, 3.8) is 0 Å². The smallest absolute Gasteiger partial charge is 0.250 e. The van der Waals surface area contributed by atoms with E-state index in [9.17, 15) is 4.79 Å². The summed E-state index contributed by atoms with van der Waals surface area (Å²) in [6, 6.07) is 5.50. The van der Waals surface area contributed by atoms with Gasteiger partial charge in [-0.3, -0.25) is 15.0 Å². The molecule has 6 nitrogen and oxygen atoms in total. The van der Waals surface area contributed by atoms with Gasteiger partial charge in [-0.1, -0.05) is 13.0 Å². The van der Waals surface area contributed by atoms with Gasteiger partial charge in [0.2, 0.25) is 5.91 Å². The molecule has 7 heteroatoms. The first-order chi connectivity index (χ1) is 12.6. The van der Waals surface area contributed by atoms with Gasteiger partial charge >= 0.3 is 0 Å². The topological polar surface area (TPSA) is 63.7 Å². The Morgan fingerprint density at radius 3 is 2.88 bits per heavy atom. The predicted octanol–water partition coefficient (Wildman–Crippen LogP) is 3.19. The molecule has 1 amide bonds. The van der Waals surface area contributed by atoms with Crippen molar-refractivity contribution in [1.29, 1.82) is 0 Å². The van der Waals surface area contributed by atoms with Crippen LogP contribution < -0.4 is 14.8 Å². The number of rotatable bonds is 6. The van der Waals surface area contributed by atoms with Crippen molar-refractivity contribution in [2.24, 2.45) is 0 Å². The van der Waals surface area contributed by atoms with Crippen LogP contribution in [0.25, 0.3) is 6.08 Å². The van der Waals surface area contributed by atoms with E-state index in [-0.39, 0.29) is 5.91 Å². The molecule has 1 aromatic heterocycles. The summed E-state index contributed by atoms with van der Waals surface area (Å²) in [6.45, 7) is 5.14. The number of aromatic nitrogens is 1. The summed E-state index contributed by atoms with van der Waals surface area (Å²) < 4.78 is 10.5. The molecule has 0 saturated carbocycles. The van der Waals surface area contributed by atoms with Crippen LogP contribution in [0.15, 0.2) is 24.3 Å². The average Bonchev–Trinajstić information content (AvgIpc) is 3.07. The molecule has 0 spiro atoms. The Labute approximate surface area is 157 Å². The Hall–Kier alpha value is -2.38. The van der Waals surface area contributed by atoms with Crippen molar-refractivity contribution in [2.45, 2.75) is 19.9 Å². The van der Waals surface area contributed by atoms with Crippen LogP contribution in [0.5, 0.6) is 11.5 Å². The molecule has 0 atom stereocenters. The summed E-state index contributed by atoms with van der Waals surface area (Å²) in [5.41, 5.74) is 1.97. The summed E-state index contributed by atoms with van der Waals surface area (Å²) >= 11 is 1.56. The molecule has 0 fully saturated rings. The fourth-order valence-electron chi connectivity index (χ4n) is 2.85. The van der Waals surface area contributed by atoms with Crippen LogP contribution in [0, 0.1) is 0 Å². The lowest BCUT2D eigenvalue weighted by molar-refractivity contribution is -0.111. The minimum atomic E-state index is -0.196. The van der Waals surface area contributed by atoms with Crippen molar-refractivity contribution in [2.75, 3.05) is 32.6 Å². The lowest BCUT2D eigenvalue weighted by Gasteiger charge is -2.23. The molecule has 1 aliphatic heterocycles. The number of amides is 1. The molecule has 0 radical (unpaired) electrons. The maximum absolute atomic E-state index is 12.2. The first-order valence-electron chi connectivity index (χ1n) is 8.55. The van der Waals surface area contributed by atoms with Gasteiger partial charge in [0.15, 0.2) is 16.6 Å². The Morgan fingerprint density at radius 1 is 1.35 bits per heavy atom. The maximum atomic E-state index is 12.2. The molecule has 0 unspecified atom stereocenters. The number of likely N-dealkylation sites (N-methyl/N-ethyl adjacent to an activating group) is 1. The minimum Gasteiger partial charge on any atom is -0.493 e. The summed E-state index contributed by atoms with van der Waals surface area (Å²) in [7, 11) is 3.18. The van der Waals surface area contributed by atoms with Gasteiger partial charge in [0, 0.05) is 30.5 Å². The highest BCUT2D eigenvalue weighted by Crippen LogP contribution is 2.29. The SMILES string of the molecule is CCN1CCc2nc(NC(=O)/C=C/c3ccc(OC)c(OC)c3)sc2C1. The number of methoxy groups -OCH3 is 2. The summed E-state index contributed by atoms with van der Waals surface area (Å²) in [6.07, 6.45) is 4.18. The highest BCUT2D eigenvalue weighted by molar-refractivity contribution is 7.15. The first kappa shape index (κ1) is 18.4. The molecule has 1 aromatic carbocycles. The zero-order valence-electron chi connectivity index (χ0n) is 15.2. The van der Waals surface area contributed by atoms with Gasteiger partial charge in [0.1, 0.15) is 0 Å². The van der Waals surface area contributed by atoms with E-state index in [0.29, 0.717) is 16.6 Å². The first-order valence-corrected chi connectivity index (χ1v) is 9.36. The average molecular weight is 373 g/mol. The van der Waals surface area contributed by atoms with E-state index < -0.39 is 0 Å². The van der Waals surface area contributed by atoms with Crippen LogP contribution in [0.3, 0.4) is 0 Å². The van der Waals surface area contributed by atoms with Crippen molar-refractivity contribution in [3.8, 4) is 11.5 Å². The monoisotopic (exact) mass is 373 g/mol. The zero-order valence-corrected chi connectivity index (χ0v) is 16.1. The van der Waals surface area contributed by atoms with Gasteiger partial charge in [0.25, 0.3) is 0 Å². The number of hydrogen-bond acceptors (Lipinski definition) is 6. The summed E-state index contributed by atoms with van der Waals surface area (Å²) in [5.74, 6) is 1.09. The fourth-order valence-corrected chi connectivity index (χ4v) is 3.90. The van der Waals surface area contributed by atoms with Crippen LogP contribution in [0.4, 0.5) is 5.13 Å². The second-order valence-corrected chi connectivity index (χ2v) is 7.03. The number of benzene rings is 1. The molecule has 0 bridgehead atoms. The Morgan fingerprint density at radius 2 is 2.15 bits per heavy atom. The molecule has 0 aliphatic carbocycles.